The minimum absolute atomic E-state index is 0.333. The zero-order valence-electron chi connectivity index (χ0n) is 16.7. The highest BCUT2D eigenvalue weighted by Crippen LogP contribution is 2.33. The Balaban J connectivity index is 1.52. The fourth-order valence-corrected chi connectivity index (χ4v) is 3.91. The second kappa shape index (κ2) is 9.06. The molecule has 0 fully saturated rings. The molecule has 0 saturated carbocycles. The molecule has 0 saturated heterocycles. The van der Waals surface area contributed by atoms with Gasteiger partial charge < -0.3 is 10.4 Å². The first kappa shape index (κ1) is 21.3. The van der Waals surface area contributed by atoms with Crippen molar-refractivity contribution < 1.29 is 9.90 Å². The quantitative estimate of drug-likeness (QED) is 0.576. The Bertz CT molecular complexity index is 1110. The van der Waals surface area contributed by atoms with Crippen molar-refractivity contribution in [3.63, 3.8) is 0 Å². The number of aliphatic hydroxyl groups is 1. The molecule has 2 N–H and O–H groups in total. The average Bonchev–Trinajstić information content (AvgIpc) is 2.77. The van der Waals surface area contributed by atoms with Crippen LogP contribution in [-0.4, -0.2) is 28.9 Å². The van der Waals surface area contributed by atoms with Crippen LogP contribution in [0.25, 0.3) is 0 Å². The fraction of sp³-hybridized carbons (Fsp3) is 0.174. The minimum atomic E-state index is -0.746. The number of carbonyl (C=O) groups excluding carboxylic acids is 1. The summed E-state index contributed by atoms with van der Waals surface area (Å²) >= 11 is 13.0. The van der Waals surface area contributed by atoms with Crippen LogP contribution in [0.4, 0.5) is 10.5 Å². The molecule has 1 aliphatic heterocycles. The van der Waals surface area contributed by atoms with Crippen molar-refractivity contribution in [2.75, 3.05) is 11.6 Å². The molecule has 0 radical (unpaired) electrons. The number of hydrogen-bond acceptors (Lipinski definition) is 4. The number of aromatic nitrogens is 1. The lowest BCUT2D eigenvalue weighted by molar-refractivity contribution is 0.220. The summed E-state index contributed by atoms with van der Waals surface area (Å²) in [6.45, 7) is 2.29. The van der Waals surface area contributed by atoms with Gasteiger partial charge in [0.05, 0.1) is 12.2 Å². The van der Waals surface area contributed by atoms with Gasteiger partial charge >= 0.3 is 6.03 Å². The van der Waals surface area contributed by atoms with Crippen molar-refractivity contribution in [1.29, 1.82) is 0 Å². The van der Waals surface area contributed by atoms with Crippen LogP contribution in [0, 0.1) is 6.92 Å². The third kappa shape index (κ3) is 4.71. The zero-order valence-corrected chi connectivity index (χ0v) is 18.2. The molecule has 6 nitrogen and oxygen atoms in total. The number of carbonyl (C=O) groups is 1. The van der Waals surface area contributed by atoms with Crippen molar-refractivity contribution in [3.8, 4) is 0 Å². The first-order valence-corrected chi connectivity index (χ1v) is 10.5. The zero-order chi connectivity index (χ0) is 22.0. The second-order valence-corrected chi connectivity index (χ2v) is 8.05. The van der Waals surface area contributed by atoms with Gasteiger partial charge in [-0.2, -0.15) is 10.1 Å². The molecule has 158 valence electrons. The van der Waals surface area contributed by atoms with Gasteiger partial charge in [0.2, 0.25) is 0 Å². The van der Waals surface area contributed by atoms with Crippen LogP contribution in [-0.2, 0) is 6.42 Å². The highest BCUT2D eigenvalue weighted by atomic mass is 35.5. The van der Waals surface area contributed by atoms with E-state index in [1.165, 1.54) is 5.01 Å². The smallest absolute Gasteiger partial charge is 0.342 e. The Morgan fingerprint density at radius 2 is 1.77 bits per heavy atom. The molecule has 1 aromatic heterocycles. The molecule has 1 unspecified atom stereocenters. The maximum atomic E-state index is 12.0. The van der Waals surface area contributed by atoms with Gasteiger partial charge in [-0.25, -0.2) is 4.79 Å². The van der Waals surface area contributed by atoms with Gasteiger partial charge in [-0.15, -0.1) is 0 Å². The molecular weight excluding hydrogens is 435 g/mol. The Morgan fingerprint density at radius 3 is 2.39 bits per heavy atom. The van der Waals surface area contributed by atoms with Crippen LogP contribution in [0.15, 0.2) is 59.8 Å². The molecule has 8 heteroatoms. The third-order valence-corrected chi connectivity index (χ3v) is 5.71. The van der Waals surface area contributed by atoms with Crippen LogP contribution in [0.2, 0.25) is 10.0 Å². The third-order valence-electron chi connectivity index (χ3n) is 5.03. The van der Waals surface area contributed by atoms with Gasteiger partial charge in [0.25, 0.3) is 0 Å². The number of amides is 2. The molecule has 3 aromatic rings. The number of hydrazone groups is 1. The molecule has 2 heterocycles. The lowest BCUT2D eigenvalue weighted by Gasteiger charge is -2.22. The first-order chi connectivity index (χ1) is 14.9. The number of rotatable bonds is 5. The number of pyridine rings is 1. The number of anilines is 1. The molecule has 2 amide bonds. The van der Waals surface area contributed by atoms with Gasteiger partial charge in [0.15, 0.2) is 0 Å². The van der Waals surface area contributed by atoms with E-state index in [0.29, 0.717) is 28.7 Å². The van der Waals surface area contributed by atoms with E-state index >= 15 is 0 Å². The number of benzene rings is 2. The van der Waals surface area contributed by atoms with Crippen molar-refractivity contribution in [2.45, 2.75) is 19.4 Å². The number of nitrogens with one attached hydrogen (secondary N) is 1. The monoisotopic (exact) mass is 454 g/mol. The first-order valence-electron chi connectivity index (χ1n) is 9.70. The number of urea groups is 1. The Labute approximate surface area is 190 Å². The van der Waals surface area contributed by atoms with E-state index in [1.807, 2.05) is 43.3 Å². The summed E-state index contributed by atoms with van der Waals surface area (Å²) in [4.78, 5) is 16.2. The number of halogens is 2. The summed E-state index contributed by atoms with van der Waals surface area (Å²) < 4.78 is 0. The predicted molar refractivity (Wildman–Crippen MR) is 123 cm³/mol. The summed E-state index contributed by atoms with van der Waals surface area (Å²) in [5.41, 5.74) is 4.66. The number of nitrogens with zero attached hydrogens (tertiary/aromatic N) is 3. The van der Waals surface area contributed by atoms with E-state index in [-0.39, 0.29) is 6.03 Å². The summed E-state index contributed by atoms with van der Waals surface area (Å²) in [6.07, 6.45) is 3.04. The van der Waals surface area contributed by atoms with Gasteiger partial charge in [0.1, 0.15) is 6.10 Å². The highest BCUT2D eigenvalue weighted by Gasteiger charge is 2.20. The molecule has 1 atom stereocenters. The van der Waals surface area contributed by atoms with E-state index in [0.717, 1.165) is 27.9 Å². The molecule has 31 heavy (non-hydrogen) atoms. The van der Waals surface area contributed by atoms with Gasteiger partial charge in [-0.1, -0.05) is 53.5 Å². The van der Waals surface area contributed by atoms with Crippen molar-refractivity contribution in [2.24, 2.45) is 5.10 Å². The number of hydrogen-bond donors (Lipinski definition) is 2. The topological polar surface area (TPSA) is 77.8 Å². The fourth-order valence-electron chi connectivity index (χ4n) is 3.30. The van der Waals surface area contributed by atoms with Gasteiger partial charge in [0, 0.05) is 40.1 Å². The van der Waals surface area contributed by atoms with Crippen LogP contribution >= 0.6 is 23.2 Å². The standard InChI is InChI=1S/C23H20Cl2N4O2/c1-14-2-5-17(13-27-14)22(30)16-6-3-15(4-7-16)10-19-20(24)11-18(12-21(19)25)29-23(31)26-8-9-28-29/h2-7,9,11-13,22,30H,8,10H2,1H3,(H,26,31). The largest absolute Gasteiger partial charge is 0.384 e. The minimum Gasteiger partial charge on any atom is -0.384 e. The Kier molecular flexibility index (Phi) is 6.23. The number of aliphatic hydroxyl groups excluding tert-OH is 1. The van der Waals surface area contributed by atoms with Crippen molar-refractivity contribution in [1.82, 2.24) is 10.3 Å². The van der Waals surface area contributed by atoms with Crippen LogP contribution in [0.5, 0.6) is 0 Å². The van der Waals surface area contributed by atoms with Crippen molar-refractivity contribution >= 4 is 41.1 Å². The lowest BCUT2D eigenvalue weighted by atomic mass is 9.99. The normalized spacial score (nSPS) is 14.5. The maximum Gasteiger partial charge on any atom is 0.342 e. The van der Waals surface area contributed by atoms with Crippen molar-refractivity contribution in [3.05, 3.63) is 92.7 Å². The molecule has 2 aromatic carbocycles. The van der Waals surface area contributed by atoms with E-state index in [4.69, 9.17) is 23.2 Å². The SMILES string of the molecule is Cc1ccc(C(O)c2ccc(Cc3c(Cl)cc(N4N=CCNC4=O)cc3Cl)cc2)cn1. The molecule has 0 aliphatic carbocycles. The highest BCUT2D eigenvalue weighted by molar-refractivity contribution is 6.36. The average molecular weight is 455 g/mol. The maximum absolute atomic E-state index is 12.0. The van der Waals surface area contributed by atoms with Crippen LogP contribution in [0.1, 0.15) is 34.1 Å². The summed E-state index contributed by atoms with van der Waals surface area (Å²) in [5, 5.41) is 19.5. The van der Waals surface area contributed by atoms with Gasteiger partial charge in [-0.3, -0.25) is 4.98 Å². The second-order valence-electron chi connectivity index (χ2n) is 7.24. The molecule has 0 spiro atoms. The molecule has 0 bridgehead atoms. The Hall–Kier alpha value is -2.93. The van der Waals surface area contributed by atoms with Gasteiger partial charge in [-0.05, 0) is 41.8 Å². The van der Waals surface area contributed by atoms with E-state index in [9.17, 15) is 9.90 Å². The van der Waals surface area contributed by atoms with Crippen LogP contribution < -0.4 is 10.3 Å². The number of aryl methyl sites for hydroxylation is 1. The summed E-state index contributed by atoms with van der Waals surface area (Å²) in [5.74, 6) is 0. The molecule has 4 rings (SSSR count). The molecule has 1 aliphatic rings. The predicted octanol–water partition coefficient (Wildman–Crippen LogP) is 4.88. The Morgan fingerprint density at radius 1 is 1.10 bits per heavy atom. The van der Waals surface area contributed by atoms with Crippen LogP contribution in [0.3, 0.4) is 0 Å². The summed E-state index contributed by atoms with van der Waals surface area (Å²) in [6, 6.07) is 14.4. The van der Waals surface area contributed by atoms with E-state index in [1.54, 1.807) is 24.5 Å². The van der Waals surface area contributed by atoms with E-state index in [2.05, 4.69) is 15.4 Å². The summed E-state index contributed by atoms with van der Waals surface area (Å²) in [7, 11) is 0. The molecular formula is C23H20Cl2N4O2. The lowest BCUT2D eigenvalue weighted by Crippen LogP contribution is -2.41. The van der Waals surface area contributed by atoms with E-state index < -0.39 is 6.10 Å².